The molecule has 16 unspecified atom stereocenters. The van der Waals surface area contributed by atoms with Crippen LogP contribution in [0.25, 0.3) is 0 Å². The molecule has 8 heterocycles. The van der Waals surface area contributed by atoms with Gasteiger partial charge < -0.3 is 204 Å². The number of rotatable bonds is 29. The Labute approximate surface area is 590 Å². The molecule has 8 rings (SSSR count). The maximum absolute atomic E-state index is 13.1. The fourth-order valence-electron chi connectivity index (χ4n) is 13.7. The molecule has 0 aliphatic carbocycles. The second-order valence-electron chi connectivity index (χ2n) is 26.6. The second-order valence-corrected chi connectivity index (χ2v) is 26.6. The fourth-order valence-corrected chi connectivity index (χ4v) is 13.7. The number of hydrogen-bond acceptors (Lipinski definition) is 42. The summed E-state index contributed by atoms with van der Waals surface area (Å²) in [6.07, 6.45) is -72.6. The van der Waals surface area contributed by atoms with Crippen LogP contribution in [0, 0.1) is 5.92 Å². The Bertz CT molecular complexity index is 2710. The summed E-state index contributed by atoms with van der Waals surface area (Å²) in [6, 6.07) is -4.97. The van der Waals surface area contributed by atoms with E-state index in [0.29, 0.717) is 0 Å². The van der Waals surface area contributed by atoms with Gasteiger partial charge in [0.1, 0.15) is 177 Å². The van der Waals surface area contributed by atoms with Gasteiger partial charge in [-0.1, -0.05) is 6.92 Å². The molecule has 25 N–H and O–H groups in total. The first-order chi connectivity index (χ1) is 49.2. The van der Waals surface area contributed by atoms with Gasteiger partial charge in [0.05, 0.1) is 83.6 Å². The normalized spacial score (nSPS) is 47.9. The zero-order valence-corrected chi connectivity index (χ0v) is 56.5. The lowest BCUT2D eigenvalue weighted by atomic mass is 9.87. The van der Waals surface area contributed by atoms with Crippen molar-refractivity contribution >= 4 is 24.2 Å². The molecule has 8 fully saturated rings. The van der Waals surface area contributed by atoms with Gasteiger partial charge in [0.25, 0.3) is 6.47 Å². The molecule has 8 saturated heterocycles. The molecule has 0 saturated carbocycles. The van der Waals surface area contributed by atoms with Crippen LogP contribution >= 0.6 is 0 Å². The van der Waals surface area contributed by atoms with Gasteiger partial charge in [0, 0.05) is 26.7 Å². The summed E-state index contributed by atoms with van der Waals surface area (Å²) in [5, 5.41) is 251. The predicted octanol–water partition coefficient (Wildman–Crippen LogP) is -16.4. The third-order valence-corrected chi connectivity index (χ3v) is 19.3. The molecule has 0 spiro atoms. The van der Waals surface area contributed by atoms with Crippen molar-refractivity contribution in [3.05, 3.63) is 0 Å². The quantitative estimate of drug-likeness (QED) is 0.0244. The molecule has 45 nitrogen and oxygen atoms in total. The molecule has 0 radical (unpaired) electrons. The van der Waals surface area contributed by atoms with Crippen molar-refractivity contribution in [2.45, 2.75) is 286 Å². The first-order valence-electron chi connectivity index (χ1n) is 33.4. The lowest BCUT2D eigenvalue weighted by Gasteiger charge is -2.51. The van der Waals surface area contributed by atoms with Crippen molar-refractivity contribution in [3.8, 4) is 0 Å². The molecule has 0 bridgehead atoms. The van der Waals surface area contributed by atoms with Gasteiger partial charge in [0.2, 0.25) is 17.7 Å². The minimum absolute atomic E-state index is 0.236. The van der Waals surface area contributed by atoms with E-state index in [1.54, 1.807) is 0 Å². The number of hydrogen-bond donors (Lipinski definition) is 25. The molecule has 3 amide bonds. The largest absolute Gasteiger partial charge is 0.410 e. The van der Waals surface area contributed by atoms with E-state index in [0.717, 1.165) is 20.8 Å². The Balaban J connectivity index is 1.08. The lowest BCUT2D eigenvalue weighted by Crippen LogP contribution is -2.71. The van der Waals surface area contributed by atoms with Crippen LogP contribution in [0.1, 0.15) is 41.0 Å². The van der Waals surface area contributed by atoms with Crippen LogP contribution in [0.4, 0.5) is 0 Å². The third-order valence-electron chi connectivity index (χ3n) is 19.3. The fraction of sp³-hybridized carbons (Fsp3) is 0.932. The number of carbonyl (C=O) groups excluding carboxylic acids is 4. The highest BCUT2D eigenvalue weighted by molar-refractivity contribution is 5.74. The number of amides is 3. The van der Waals surface area contributed by atoms with E-state index in [2.05, 4.69) is 16.0 Å². The molecule has 602 valence electrons. The second kappa shape index (κ2) is 37.4. The lowest BCUT2D eigenvalue weighted by molar-refractivity contribution is -0.448. The zero-order chi connectivity index (χ0) is 76.8. The number of aliphatic hydroxyl groups is 22. The highest BCUT2D eigenvalue weighted by atomic mass is 16.9. The van der Waals surface area contributed by atoms with Crippen molar-refractivity contribution in [2.24, 2.45) is 5.92 Å². The van der Waals surface area contributed by atoms with Gasteiger partial charge in [-0.3, -0.25) is 19.2 Å². The maximum Gasteiger partial charge on any atom is 0.332 e. The van der Waals surface area contributed by atoms with Crippen LogP contribution in [0.5, 0.6) is 0 Å². The van der Waals surface area contributed by atoms with Crippen LogP contribution < -0.4 is 16.0 Å². The summed E-state index contributed by atoms with van der Waals surface area (Å²) >= 11 is 0. The van der Waals surface area contributed by atoms with Crippen molar-refractivity contribution in [3.63, 3.8) is 0 Å². The minimum Gasteiger partial charge on any atom is -0.410 e. The summed E-state index contributed by atoms with van der Waals surface area (Å²) in [4.78, 5) is 50.1. The summed E-state index contributed by atoms with van der Waals surface area (Å²) in [5.74, 6) is -6.38. The van der Waals surface area contributed by atoms with Gasteiger partial charge in [0.15, 0.2) is 37.7 Å². The SMILES string of the molecule is CC(=O)NC1[C@H](O[C@@H]2C(CO)O[C@@H](C)C(NC(C)=O)[C@H]2O)OC(CO)[C@@H](O[C@@H]2OC(CO[C@H]3OC(CO)[C@@H](O)[C@H](O)C3O)[C@@H](O)[C@H](O[C@H]3OC(CO)[C@@H](O)C(O)C3O[C@@H]3OC(CO)[C@@H](O[C@@H]4OC(CO)[C@H](O)[C@H](O[C@]5(OC=O)C[C@@H](O)[C@@H](C)C([C@H](O)[C@H](O)CO)O5)C4O)[C@H](O)C3NC(C)=O)C2O)[C@@H]1O. The van der Waals surface area contributed by atoms with Gasteiger partial charge >= 0.3 is 5.97 Å². The Morgan fingerprint density at radius 1 is 0.433 bits per heavy atom. The first-order valence-corrected chi connectivity index (χ1v) is 33.4. The van der Waals surface area contributed by atoms with E-state index in [1.807, 2.05) is 0 Å². The summed E-state index contributed by atoms with van der Waals surface area (Å²) in [6.45, 7) is -2.70. The first kappa shape index (κ1) is 86.0. The molecular formula is C59H99N3O42. The highest BCUT2D eigenvalue weighted by Crippen LogP contribution is 2.42. The predicted molar refractivity (Wildman–Crippen MR) is 323 cm³/mol. The smallest absolute Gasteiger partial charge is 0.332 e. The summed E-state index contributed by atoms with van der Waals surface area (Å²) in [5.41, 5.74) is 0. The van der Waals surface area contributed by atoms with Crippen LogP contribution in [0.15, 0.2) is 0 Å². The van der Waals surface area contributed by atoms with E-state index in [-0.39, 0.29) is 6.47 Å². The Morgan fingerprint density at radius 2 is 0.827 bits per heavy atom. The summed E-state index contributed by atoms with van der Waals surface area (Å²) < 4.78 is 94.0. The topological polar surface area (TPSA) is 697 Å². The van der Waals surface area contributed by atoms with Crippen molar-refractivity contribution in [2.75, 3.05) is 52.9 Å². The van der Waals surface area contributed by atoms with E-state index >= 15 is 0 Å². The van der Waals surface area contributed by atoms with Crippen LogP contribution in [-0.4, -0.2) is 434 Å². The molecule has 0 aromatic rings. The standard InChI is InChI=1S/C59H99N3O42/c1-16-21(74)6-59(90-15-70,103-46(16)33(76)22(75)7-63)104-51-36(79)25(10-66)93-57(45(51)88)100-49-28(13-69)96-54(32(40(49)83)62-20(5)73)102-52-42(85)35(78)24(9-65)94-58(52)101-50-37(80)29(14-89-55-43(86)41(84)34(77)23(8-64)92-55)97-56(44(50)87)99-48-27(12-68)95-53(31(39(48)82)61-19(4)72)98-47-26(11-67)91-17(2)30(38(47)81)60-18(3)71/h15-17,21-58,63-69,74-88H,6-14H2,1-5H3,(H,60,71)(H,61,72)(H,62,73)/t16-,17+,21-,22-,23?,24?,25?,26?,27?,28?,29?,30?,31?,32?,33-,34-,35-,36+,37-,38-,39-,40-,41+,42?,43?,44?,45?,46?,47-,48-,49-,50+,51+,52?,53+,54+,55+,56+,57+,58-,59+/m1/s1. The van der Waals surface area contributed by atoms with Gasteiger partial charge in [-0.2, -0.15) is 0 Å². The molecule has 41 atom stereocenters. The van der Waals surface area contributed by atoms with Crippen molar-refractivity contribution in [1.82, 2.24) is 16.0 Å². The Hall–Kier alpha value is -3.60. The average molecular weight is 1520 g/mol. The molecule has 8 aliphatic heterocycles. The molecule has 45 heteroatoms. The maximum atomic E-state index is 13.1. The van der Waals surface area contributed by atoms with Crippen molar-refractivity contribution in [1.29, 1.82) is 0 Å². The van der Waals surface area contributed by atoms with Gasteiger partial charge in [-0.25, -0.2) is 0 Å². The Morgan fingerprint density at radius 3 is 1.32 bits per heavy atom. The minimum atomic E-state index is -2.85. The molecule has 0 aromatic carbocycles. The molecule has 104 heavy (non-hydrogen) atoms. The molecule has 0 aromatic heterocycles. The number of ether oxygens (including phenoxy) is 16. The monoisotopic (exact) mass is 1520 g/mol. The van der Waals surface area contributed by atoms with E-state index in [4.69, 9.17) is 75.8 Å². The van der Waals surface area contributed by atoms with E-state index in [1.165, 1.54) is 13.8 Å². The third kappa shape index (κ3) is 18.9. The number of aliphatic hydroxyl groups excluding tert-OH is 22. The molecule has 8 aliphatic rings. The number of nitrogens with one attached hydrogen (secondary N) is 3. The zero-order valence-electron chi connectivity index (χ0n) is 56.5. The molecular weight excluding hydrogens is 1420 g/mol. The van der Waals surface area contributed by atoms with Gasteiger partial charge in [-0.05, 0) is 6.92 Å². The van der Waals surface area contributed by atoms with Crippen LogP contribution in [0.3, 0.4) is 0 Å². The van der Waals surface area contributed by atoms with E-state index < -0.39 is 328 Å². The van der Waals surface area contributed by atoms with Gasteiger partial charge in [-0.15, -0.1) is 0 Å². The van der Waals surface area contributed by atoms with E-state index in [9.17, 15) is 132 Å². The highest BCUT2D eigenvalue weighted by Gasteiger charge is 2.61. The summed E-state index contributed by atoms with van der Waals surface area (Å²) in [7, 11) is 0. The average Bonchev–Trinajstić information content (AvgIpc) is 0.765. The van der Waals surface area contributed by atoms with Crippen LogP contribution in [-0.2, 0) is 95.0 Å². The van der Waals surface area contributed by atoms with Crippen LogP contribution in [0.2, 0.25) is 0 Å². The number of carbonyl (C=O) groups is 4. The Kier molecular flexibility index (Phi) is 30.9. The van der Waals surface area contributed by atoms with Crippen molar-refractivity contribution < 1.29 is 207 Å².